The number of rotatable bonds is 3. The Labute approximate surface area is 138 Å². The van der Waals surface area contributed by atoms with E-state index in [4.69, 9.17) is 0 Å². The van der Waals surface area contributed by atoms with E-state index < -0.39 is 0 Å². The van der Waals surface area contributed by atoms with Gasteiger partial charge in [-0.05, 0) is 90.6 Å². The van der Waals surface area contributed by atoms with Gasteiger partial charge in [-0.15, -0.1) is 11.3 Å². The first-order valence-corrected chi connectivity index (χ1v) is 9.76. The van der Waals surface area contributed by atoms with Crippen LogP contribution in [0.5, 0.6) is 0 Å². The molecule has 4 saturated carbocycles. The van der Waals surface area contributed by atoms with Gasteiger partial charge in [0.25, 0.3) is 5.91 Å². The van der Waals surface area contributed by atoms with E-state index in [1.54, 1.807) is 11.3 Å². The molecule has 0 aliphatic heterocycles. The maximum Gasteiger partial charge on any atom is 0.252 e. The van der Waals surface area contributed by atoms with Crippen molar-refractivity contribution in [3.8, 4) is 0 Å². The third-order valence-electron chi connectivity index (χ3n) is 6.18. The van der Waals surface area contributed by atoms with Gasteiger partial charge >= 0.3 is 0 Å². The molecule has 4 aliphatic rings. The third-order valence-corrected chi connectivity index (χ3v) is 7.69. The van der Waals surface area contributed by atoms with Crippen LogP contribution in [0.25, 0.3) is 0 Å². The number of carbonyl (C=O) groups excluding carboxylic acids is 1. The normalized spacial score (nSPS) is 38.5. The van der Waals surface area contributed by atoms with Gasteiger partial charge in [-0.1, -0.05) is 0 Å². The maximum absolute atomic E-state index is 12.4. The smallest absolute Gasteiger partial charge is 0.252 e. The standard InChI is InChI=1S/C17H22BrNOS/c1-10(19-16(20)14-5-15(18)21-9-14)17-6-11-2-12(7-17)4-13(3-11)8-17/h5,9-13H,2-4,6-8H2,1H3,(H,19,20). The Bertz CT molecular complexity index is 532. The Balaban J connectivity index is 1.50. The first-order chi connectivity index (χ1) is 10.0. The van der Waals surface area contributed by atoms with Gasteiger partial charge in [-0.3, -0.25) is 4.79 Å². The minimum absolute atomic E-state index is 0.0974. The van der Waals surface area contributed by atoms with Crippen LogP contribution in [0.15, 0.2) is 15.2 Å². The van der Waals surface area contributed by atoms with E-state index in [0.29, 0.717) is 11.5 Å². The van der Waals surface area contributed by atoms with E-state index in [2.05, 4.69) is 28.2 Å². The molecule has 0 saturated heterocycles. The zero-order valence-corrected chi connectivity index (χ0v) is 14.8. The minimum Gasteiger partial charge on any atom is -0.349 e. The first kappa shape index (κ1) is 14.3. The summed E-state index contributed by atoms with van der Waals surface area (Å²) in [6.45, 7) is 2.24. The average molecular weight is 368 g/mol. The average Bonchev–Trinajstić information content (AvgIpc) is 2.84. The van der Waals surface area contributed by atoms with E-state index >= 15 is 0 Å². The summed E-state index contributed by atoms with van der Waals surface area (Å²) in [5, 5.41) is 5.25. The first-order valence-electron chi connectivity index (χ1n) is 8.09. The monoisotopic (exact) mass is 367 g/mol. The highest BCUT2D eigenvalue weighted by atomic mass is 79.9. The van der Waals surface area contributed by atoms with Crippen molar-refractivity contribution in [1.29, 1.82) is 0 Å². The second kappa shape index (κ2) is 5.09. The fraction of sp³-hybridized carbons (Fsp3) is 0.706. The summed E-state index contributed by atoms with van der Waals surface area (Å²) in [6, 6.07) is 2.23. The van der Waals surface area contributed by atoms with Gasteiger partial charge in [0.1, 0.15) is 0 Å². The Morgan fingerprint density at radius 3 is 2.33 bits per heavy atom. The van der Waals surface area contributed by atoms with E-state index in [1.165, 1.54) is 38.5 Å². The number of nitrogens with one attached hydrogen (secondary N) is 1. The number of hydrogen-bond donors (Lipinski definition) is 1. The number of hydrogen-bond acceptors (Lipinski definition) is 2. The Kier molecular flexibility index (Phi) is 3.45. The van der Waals surface area contributed by atoms with Crippen LogP contribution < -0.4 is 5.32 Å². The molecule has 1 aromatic heterocycles. The lowest BCUT2D eigenvalue weighted by Crippen LogP contribution is -2.55. The van der Waals surface area contributed by atoms with Crippen molar-refractivity contribution < 1.29 is 4.79 Å². The Morgan fingerprint density at radius 1 is 1.29 bits per heavy atom. The summed E-state index contributed by atoms with van der Waals surface area (Å²) in [7, 11) is 0. The van der Waals surface area contributed by atoms with Gasteiger partial charge in [0.05, 0.1) is 9.35 Å². The van der Waals surface area contributed by atoms with Crippen LogP contribution in [0.3, 0.4) is 0 Å². The fourth-order valence-corrected chi connectivity index (χ4v) is 6.71. The minimum atomic E-state index is 0.0974. The molecule has 1 N–H and O–H groups in total. The Hall–Kier alpha value is -0.350. The molecular weight excluding hydrogens is 346 g/mol. The predicted octanol–water partition coefficient (Wildman–Crippen LogP) is 4.85. The van der Waals surface area contributed by atoms with E-state index in [0.717, 1.165) is 27.1 Å². The maximum atomic E-state index is 12.4. The van der Waals surface area contributed by atoms with Crippen LogP contribution in [0.4, 0.5) is 0 Å². The molecule has 1 heterocycles. The van der Waals surface area contributed by atoms with Crippen molar-refractivity contribution in [1.82, 2.24) is 5.32 Å². The van der Waals surface area contributed by atoms with Crippen LogP contribution in [0, 0.1) is 23.2 Å². The molecule has 1 unspecified atom stereocenters. The molecule has 4 aliphatic carbocycles. The molecule has 4 heteroatoms. The molecule has 4 bridgehead atoms. The quantitative estimate of drug-likeness (QED) is 0.812. The highest BCUT2D eigenvalue weighted by molar-refractivity contribution is 9.11. The lowest BCUT2D eigenvalue weighted by Gasteiger charge is -2.59. The molecular formula is C17H22BrNOS. The summed E-state index contributed by atoms with van der Waals surface area (Å²) in [5.41, 5.74) is 1.18. The van der Waals surface area contributed by atoms with Gasteiger partial charge in [0.15, 0.2) is 0 Å². The summed E-state index contributed by atoms with van der Waals surface area (Å²) < 4.78 is 1.02. The lowest BCUT2D eigenvalue weighted by molar-refractivity contribution is -0.0687. The highest BCUT2D eigenvalue weighted by Gasteiger charge is 2.53. The molecule has 2 nitrogen and oxygen atoms in total. The van der Waals surface area contributed by atoms with Gasteiger partial charge in [0, 0.05) is 11.4 Å². The molecule has 1 amide bonds. The van der Waals surface area contributed by atoms with Crippen LogP contribution in [-0.2, 0) is 0 Å². The van der Waals surface area contributed by atoms with Crippen molar-refractivity contribution in [3.63, 3.8) is 0 Å². The summed E-state index contributed by atoms with van der Waals surface area (Å²) in [4.78, 5) is 12.4. The molecule has 114 valence electrons. The zero-order chi connectivity index (χ0) is 14.6. The molecule has 21 heavy (non-hydrogen) atoms. The molecule has 1 atom stereocenters. The van der Waals surface area contributed by atoms with Gasteiger partial charge in [0.2, 0.25) is 0 Å². The molecule has 1 aromatic rings. The van der Waals surface area contributed by atoms with Crippen molar-refractivity contribution in [2.75, 3.05) is 0 Å². The summed E-state index contributed by atoms with van der Waals surface area (Å²) in [5.74, 6) is 2.91. The summed E-state index contributed by atoms with van der Waals surface area (Å²) in [6.07, 6.45) is 8.39. The zero-order valence-electron chi connectivity index (χ0n) is 12.4. The second-order valence-electron chi connectivity index (χ2n) is 7.61. The Morgan fingerprint density at radius 2 is 1.86 bits per heavy atom. The number of halogens is 1. The van der Waals surface area contributed by atoms with E-state index in [-0.39, 0.29) is 5.91 Å². The largest absolute Gasteiger partial charge is 0.349 e. The predicted molar refractivity (Wildman–Crippen MR) is 89.6 cm³/mol. The SMILES string of the molecule is CC(NC(=O)c1csc(Br)c1)C12CC3CC(CC(C3)C1)C2. The van der Waals surface area contributed by atoms with E-state index in [1.807, 2.05) is 11.4 Å². The van der Waals surface area contributed by atoms with Crippen molar-refractivity contribution in [2.45, 2.75) is 51.5 Å². The molecule has 4 fully saturated rings. The fourth-order valence-electron chi connectivity index (χ4n) is 5.57. The molecule has 0 radical (unpaired) electrons. The highest BCUT2D eigenvalue weighted by Crippen LogP contribution is 2.61. The van der Waals surface area contributed by atoms with Gasteiger partial charge < -0.3 is 5.32 Å². The second-order valence-corrected chi connectivity index (χ2v) is 9.91. The van der Waals surface area contributed by atoms with Crippen molar-refractivity contribution in [3.05, 3.63) is 20.8 Å². The van der Waals surface area contributed by atoms with Crippen molar-refractivity contribution >= 4 is 33.2 Å². The number of carbonyl (C=O) groups is 1. The van der Waals surface area contributed by atoms with Crippen LogP contribution in [0.1, 0.15) is 55.8 Å². The van der Waals surface area contributed by atoms with Crippen LogP contribution >= 0.6 is 27.3 Å². The molecule has 0 aromatic carbocycles. The van der Waals surface area contributed by atoms with Crippen molar-refractivity contribution in [2.24, 2.45) is 23.2 Å². The van der Waals surface area contributed by atoms with E-state index in [9.17, 15) is 4.79 Å². The third kappa shape index (κ3) is 2.48. The number of thiophene rings is 1. The number of amides is 1. The van der Waals surface area contributed by atoms with Gasteiger partial charge in [-0.2, -0.15) is 0 Å². The van der Waals surface area contributed by atoms with Crippen LogP contribution in [-0.4, -0.2) is 11.9 Å². The summed E-state index contributed by atoms with van der Waals surface area (Å²) >= 11 is 5.01. The topological polar surface area (TPSA) is 29.1 Å². The lowest BCUT2D eigenvalue weighted by atomic mass is 9.48. The van der Waals surface area contributed by atoms with Crippen LogP contribution in [0.2, 0.25) is 0 Å². The van der Waals surface area contributed by atoms with Gasteiger partial charge in [-0.25, -0.2) is 0 Å². The molecule has 5 rings (SSSR count). The molecule has 0 spiro atoms.